The van der Waals surface area contributed by atoms with Gasteiger partial charge in [-0.15, -0.1) is 0 Å². The highest BCUT2D eigenvalue weighted by atomic mass is 16.6. The zero-order valence-electron chi connectivity index (χ0n) is 17.1. The molecule has 5 atom stereocenters. The molecule has 6 N–H and O–H groups in total. The van der Waals surface area contributed by atoms with Crippen molar-refractivity contribution in [2.45, 2.75) is 49.9 Å². The lowest BCUT2D eigenvalue weighted by Crippen LogP contribution is -2.60. The van der Waals surface area contributed by atoms with Crippen LogP contribution in [0.5, 0.6) is 0 Å². The van der Waals surface area contributed by atoms with E-state index in [9.17, 15) is 20.4 Å². The predicted octanol–water partition coefficient (Wildman–Crippen LogP) is 1.63. The quantitative estimate of drug-likeness (QED) is 0.261. The molecule has 2 aromatic rings. The van der Waals surface area contributed by atoms with E-state index in [-0.39, 0.29) is 6.61 Å². The van der Waals surface area contributed by atoms with Gasteiger partial charge in [0.15, 0.2) is 6.23 Å². The normalized spacial score (nSPS) is 26.3. The first kappa shape index (κ1) is 23.3. The number of nitrogens with zero attached hydrogens (tertiary/aromatic N) is 2. The Bertz CT molecular complexity index is 828. The van der Waals surface area contributed by atoms with E-state index in [4.69, 9.17) is 9.84 Å². The molecular weight excluding hydrogens is 402 g/mol. The van der Waals surface area contributed by atoms with Gasteiger partial charge >= 0.3 is 0 Å². The van der Waals surface area contributed by atoms with Gasteiger partial charge < -0.3 is 35.6 Å². The van der Waals surface area contributed by atoms with E-state index in [0.717, 1.165) is 24.9 Å². The van der Waals surface area contributed by atoms with Crippen LogP contribution in [0, 0.1) is 0 Å². The minimum atomic E-state index is -1.43. The molecule has 0 amide bonds. The zero-order chi connectivity index (χ0) is 22.2. The number of azo groups is 1. The highest BCUT2D eigenvalue weighted by Crippen LogP contribution is 2.25. The molecule has 0 aromatic heterocycles. The monoisotopic (exact) mass is 431 g/mol. The third-order valence-corrected chi connectivity index (χ3v) is 5.16. The Labute approximate surface area is 180 Å². The van der Waals surface area contributed by atoms with Crippen LogP contribution in [0.25, 0.3) is 0 Å². The van der Waals surface area contributed by atoms with Gasteiger partial charge in [-0.05, 0) is 61.2 Å². The van der Waals surface area contributed by atoms with Gasteiger partial charge in [0.05, 0.1) is 18.0 Å². The van der Waals surface area contributed by atoms with Gasteiger partial charge in [0.1, 0.15) is 24.4 Å². The molecule has 9 heteroatoms. The van der Waals surface area contributed by atoms with E-state index in [1.807, 2.05) is 24.3 Å². The molecule has 1 aliphatic heterocycles. The number of rotatable bonds is 9. The smallest absolute Gasteiger partial charge is 0.157 e. The fraction of sp³-hybridized carbons (Fsp3) is 0.455. The number of aliphatic hydroxyl groups is 5. The summed E-state index contributed by atoms with van der Waals surface area (Å²) in [5.41, 5.74) is 3.16. The molecule has 0 saturated carbocycles. The number of hydrogen-bond donors (Lipinski definition) is 6. The molecule has 1 aliphatic rings. The molecule has 168 valence electrons. The van der Waals surface area contributed by atoms with E-state index in [2.05, 4.69) is 15.5 Å². The summed E-state index contributed by atoms with van der Waals surface area (Å²) < 4.78 is 5.44. The van der Waals surface area contributed by atoms with Crippen LogP contribution in [-0.4, -0.2) is 69.4 Å². The molecular formula is C22H29N3O6. The van der Waals surface area contributed by atoms with Crippen LogP contribution in [0.3, 0.4) is 0 Å². The van der Waals surface area contributed by atoms with Crippen LogP contribution in [0.2, 0.25) is 0 Å². The minimum absolute atomic E-state index is 0.211. The third kappa shape index (κ3) is 6.30. The van der Waals surface area contributed by atoms with Gasteiger partial charge in [0, 0.05) is 12.3 Å². The first-order valence-electron chi connectivity index (χ1n) is 10.3. The van der Waals surface area contributed by atoms with Gasteiger partial charge in [-0.25, -0.2) is 0 Å². The van der Waals surface area contributed by atoms with E-state index in [0.29, 0.717) is 11.4 Å². The van der Waals surface area contributed by atoms with Gasteiger partial charge in [0.2, 0.25) is 0 Å². The average Bonchev–Trinajstić information content (AvgIpc) is 2.80. The second-order valence-corrected chi connectivity index (χ2v) is 7.49. The SMILES string of the molecule is OCCCCc1ccc(N=Nc2ccc(NC3OC(CO)C(O)C(O)C3O)cc2)cc1. The summed E-state index contributed by atoms with van der Waals surface area (Å²) in [5, 5.41) is 59.3. The minimum Gasteiger partial charge on any atom is -0.396 e. The highest BCUT2D eigenvalue weighted by molar-refractivity contribution is 5.51. The first-order valence-corrected chi connectivity index (χ1v) is 10.3. The Balaban J connectivity index is 1.56. The largest absolute Gasteiger partial charge is 0.396 e. The predicted molar refractivity (Wildman–Crippen MR) is 114 cm³/mol. The Kier molecular flexibility index (Phi) is 8.47. The fourth-order valence-corrected chi connectivity index (χ4v) is 3.30. The van der Waals surface area contributed by atoms with Crippen molar-refractivity contribution in [3.05, 3.63) is 54.1 Å². The molecule has 2 aromatic carbocycles. The van der Waals surface area contributed by atoms with Crippen LogP contribution >= 0.6 is 0 Å². The summed E-state index contributed by atoms with van der Waals surface area (Å²) in [6, 6.07) is 14.7. The van der Waals surface area contributed by atoms with Crippen molar-refractivity contribution < 1.29 is 30.3 Å². The summed E-state index contributed by atoms with van der Waals surface area (Å²) in [7, 11) is 0. The highest BCUT2D eigenvalue weighted by Gasteiger charge is 2.43. The topological polar surface area (TPSA) is 147 Å². The van der Waals surface area contributed by atoms with Crippen molar-refractivity contribution in [1.29, 1.82) is 0 Å². The van der Waals surface area contributed by atoms with E-state index in [1.54, 1.807) is 24.3 Å². The number of nitrogens with one attached hydrogen (secondary N) is 1. The maximum atomic E-state index is 10.1. The molecule has 0 radical (unpaired) electrons. The van der Waals surface area contributed by atoms with Crippen LogP contribution in [0.15, 0.2) is 58.8 Å². The van der Waals surface area contributed by atoms with Gasteiger partial charge in [0.25, 0.3) is 0 Å². The third-order valence-electron chi connectivity index (χ3n) is 5.16. The number of aliphatic hydroxyl groups excluding tert-OH is 5. The molecule has 3 rings (SSSR count). The van der Waals surface area contributed by atoms with Crippen LogP contribution < -0.4 is 5.32 Å². The standard InChI is InChI=1S/C22H29N3O6/c26-12-2-1-3-14-4-6-16(7-5-14)24-25-17-10-8-15(9-11-17)23-22-21(30)20(29)19(28)18(13-27)31-22/h4-11,18-23,26-30H,1-3,12-13H2. The lowest BCUT2D eigenvalue weighted by Gasteiger charge is -2.40. The van der Waals surface area contributed by atoms with Gasteiger partial charge in [-0.3, -0.25) is 0 Å². The van der Waals surface area contributed by atoms with E-state index in [1.165, 1.54) is 5.56 Å². The maximum Gasteiger partial charge on any atom is 0.157 e. The number of aryl methyl sites for hydroxylation is 1. The van der Waals surface area contributed by atoms with Crippen molar-refractivity contribution in [3.63, 3.8) is 0 Å². The van der Waals surface area contributed by atoms with Gasteiger partial charge in [-0.1, -0.05) is 12.1 Å². The molecule has 1 fully saturated rings. The Hall–Kier alpha value is -2.40. The second kappa shape index (κ2) is 11.3. The fourth-order valence-electron chi connectivity index (χ4n) is 3.30. The van der Waals surface area contributed by atoms with Crippen LogP contribution in [-0.2, 0) is 11.2 Å². The Morgan fingerprint density at radius 3 is 1.97 bits per heavy atom. The molecule has 31 heavy (non-hydrogen) atoms. The Morgan fingerprint density at radius 1 is 0.774 bits per heavy atom. The number of ether oxygens (including phenoxy) is 1. The first-order chi connectivity index (χ1) is 15.0. The molecule has 0 spiro atoms. The van der Waals surface area contributed by atoms with Crippen molar-refractivity contribution in [2.24, 2.45) is 10.2 Å². The number of anilines is 1. The molecule has 1 heterocycles. The summed E-state index contributed by atoms with van der Waals surface area (Å²) in [5.74, 6) is 0. The number of hydrogen-bond acceptors (Lipinski definition) is 9. The van der Waals surface area contributed by atoms with Crippen molar-refractivity contribution in [1.82, 2.24) is 0 Å². The number of benzene rings is 2. The lowest BCUT2D eigenvalue weighted by molar-refractivity contribution is -0.221. The summed E-state index contributed by atoms with van der Waals surface area (Å²) in [4.78, 5) is 0. The molecule has 1 saturated heterocycles. The second-order valence-electron chi connectivity index (χ2n) is 7.49. The van der Waals surface area contributed by atoms with E-state index >= 15 is 0 Å². The van der Waals surface area contributed by atoms with Gasteiger partial charge in [-0.2, -0.15) is 10.2 Å². The molecule has 9 nitrogen and oxygen atoms in total. The molecule has 0 aliphatic carbocycles. The summed E-state index contributed by atoms with van der Waals surface area (Å²) in [6.45, 7) is -0.269. The number of unbranched alkanes of at least 4 members (excludes halogenated alkanes) is 1. The zero-order valence-corrected chi connectivity index (χ0v) is 17.1. The van der Waals surface area contributed by atoms with Crippen LogP contribution in [0.1, 0.15) is 18.4 Å². The maximum absolute atomic E-state index is 10.1. The van der Waals surface area contributed by atoms with Crippen LogP contribution in [0.4, 0.5) is 17.1 Å². The van der Waals surface area contributed by atoms with Crippen molar-refractivity contribution in [3.8, 4) is 0 Å². The summed E-state index contributed by atoms with van der Waals surface area (Å²) >= 11 is 0. The van der Waals surface area contributed by atoms with Crippen molar-refractivity contribution in [2.75, 3.05) is 18.5 Å². The average molecular weight is 431 g/mol. The Morgan fingerprint density at radius 2 is 1.39 bits per heavy atom. The summed E-state index contributed by atoms with van der Waals surface area (Å²) in [6.07, 6.45) is -3.48. The molecule has 0 bridgehead atoms. The molecule has 5 unspecified atom stereocenters. The van der Waals surface area contributed by atoms with E-state index < -0.39 is 37.3 Å². The van der Waals surface area contributed by atoms with Crippen molar-refractivity contribution >= 4 is 17.1 Å². The lowest BCUT2D eigenvalue weighted by atomic mass is 9.98.